The number of benzene rings is 1. The number of carbonyl (C=O) groups excluding carboxylic acids is 1. The van der Waals surface area contributed by atoms with Crippen LogP contribution < -0.4 is 4.74 Å². The number of carbonyl (C=O) groups is 1. The highest BCUT2D eigenvalue weighted by molar-refractivity contribution is 7.20. The Morgan fingerprint density at radius 3 is 2.76 bits per heavy atom. The zero-order chi connectivity index (χ0) is 17.6. The Morgan fingerprint density at radius 2 is 2.08 bits per heavy atom. The second-order valence-corrected chi connectivity index (χ2v) is 6.55. The molecule has 1 aromatic carbocycles. The van der Waals surface area contributed by atoms with E-state index in [9.17, 15) is 18.0 Å². The molecule has 1 saturated heterocycles. The Morgan fingerprint density at radius 1 is 1.28 bits per heavy atom. The van der Waals surface area contributed by atoms with Crippen LogP contribution in [0.3, 0.4) is 0 Å². The largest absolute Gasteiger partial charge is 0.463 e. The number of amides is 1. The zero-order valence-corrected chi connectivity index (χ0v) is 13.4. The molecule has 0 bridgehead atoms. The number of likely N-dealkylation sites (tertiary alicyclic amines) is 1. The maximum atomic E-state index is 13.0. The van der Waals surface area contributed by atoms with E-state index in [1.165, 1.54) is 17.2 Å². The van der Waals surface area contributed by atoms with Gasteiger partial charge in [0.25, 0.3) is 11.1 Å². The first-order valence-corrected chi connectivity index (χ1v) is 8.19. The minimum atomic E-state index is -4.46. The van der Waals surface area contributed by atoms with Crippen molar-refractivity contribution in [1.29, 1.82) is 0 Å². The monoisotopic (exact) mass is 368 g/mol. The Hall–Kier alpha value is -2.55. The van der Waals surface area contributed by atoms with Gasteiger partial charge in [0.15, 0.2) is 5.76 Å². The van der Waals surface area contributed by atoms with E-state index in [4.69, 9.17) is 9.15 Å². The van der Waals surface area contributed by atoms with Crippen molar-refractivity contribution in [1.82, 2.24) is 9.88 Å². The lowest BCUT2D eigenvalue weighted by atomic mass is 10.1. The molecule has 0 aliphatic carbocycles. The molecule has 1 aliphatic rings. The van der Waals surface area contributed by atoms with E-state index in [1.807, 2.05) is 0 Å². The number of ether oxygens (including phenoxy) is 1. The highest BCUT2D eigenvalue weighted by Crippen LogP contribution is 2.38. The number of rotatable bonds is 3. The van der Waals surface area contributed by atoms with Crippen molar-refractivity contribution in [3.63, 3.8) is 0 Å². The lowest BCUT2D eigenvalue weighted by Gasteiger charge is -2.37. The fraction of sp³-hybridized carbons (Fsp3) is 0.250. The van der Waals surface area contributed by atoms with Crippen molar-refractivity contribution in [2.75, 3.05) is 13.1 Å². The van der Waals surface area contributed by atoms with Gasteiger partial charge in [-0.2, -0.15) is 13.2 Å². The average molecular weight is 368 g/mol. The van der Waals surface area contributed by atoms with Crippen LogP contribution in [0, 0.1) is 0 Å². The third-order valence-corrected chi connectivity index (χ3v) is 4.75. The summed E-state index contributed by atoms with van der Waals surface area (Å²) in [6.07, 6.45) is -3.35. The predicted molar refractivity (Wildman–Crippen MR) is 83.6 cm³/mol. The molecule has 0 N–H and O–H groups in total. The van der Waals surface area contributed by atoms with Gasteiger partial charge in [-0.3, -0.25) is 4.79 Å². The molecular weight excluding hydrogens is 357 g/mol. The highest BCUT2D eigenvalue weighted by atomic mass is 32.1. The molecule has 5 nitrogen and oxygen atoms in total. The number of thiazole rings is 1. The van der Waals surface area contributed by atoms with E-state index in [1.54, 1.807) is 18.2 Å². The van der Waals surface area contributed by atoms with Gasteiger partial charge in [0, 0.05) is 0 Å². The quantitative estimate of drug-likeness (QED) is 0.705. The molecule has 3 aromatic rings. The minimum Gasteiger partial charge on any atom is -0.463 e. The van der Waals surface area contributed by atoms with E-state index in [0.717, 1.165) is 17.4 Å². The van der Waals surface area contributed by atoms with Crippen molar-refractivity contribution < 1.29 is 27.1 Å². The third kappa shape index (κ3) is 2.95. The Bertz CT molecular complexity index is 914. The summed E-state index contributed by atoms with van der Waals surface area (Å²) in [5, 5.41) is 0.168. The molecule has 1 aliphatic heterocycles. The number of furan rings is 1. The number of nitrogens with zero attached hydrogens (tertiary/aromatic N) is 2. The molecule has 3 heterocycles. The summed E-state index contributed by atoms with van der Waals surface area (Å²) in [6.45, 7) is 0.670. The maximum absolute atomic E-state index is 13.0. The smallest absolute Gasteiger partial charge is 0.418 e. The fourth-order valence-electron chi connectivity index (χ4n) is 2.58. The number of para-hydroxylation sites is 1. The zero-order valence-electron chi connectivity index (χ0n) is 12.6. The van der Waals surface area contributed by atoms with Gasteiger partial charge in [0.1, 0.15) is 6.10 Å². The molecule has 2 aromatic heterocycles. The predicted octanol–water partition coefficient (Wildman–Crippen LogP) is 3.81. The first-order chi connectivity index (χ1) is 11.9. The molecule has 4 rings (SSSR count). The minimum absolute atomic E-state index is 0.113. The topological polar surface area (TPSA) is 55.6 Å². The summed E-state index contributed by atoms with van der Waals surface area (Å²) in [7, 11) is 0. The SMILES string of the molecule is O=C(c1ccco1)N1CC(Oc2nc3c(C(F)(F)F)cccc3s2)C1. The lowest BCUT2D eigenvalue weighted by molar-refractivity contribution is -0.136. The van der Waals surface area contributed by atoms with Crippen molar-refractivity contribution in [2.45, 2.75) is 12.3 Å². The van der Waals surface area contributed by atoms with Crippen molar-refractivity contribution in [3.8, 4) is 5.19 Å². The molecular formula is C16H11F3N2O3S. The molecule has 0 saturated carbocycles. The highest BCUT2D eigenvalue weighted by Gasteiger charge is 2.36. The molecule has 0 radical (unpaired) electrons. The van der Waals surface area contributed by atoms with Crippen LogP contribution in [-0.4, -0.2) is 35.0 Å². The summed E-state index contributed by atoms with van der Waals surface area (Å²) >= 11 is 1.06. The van der Waals surface area contributed by atoms with Crippen molar-refractivity contribution >= 4 is 27.5 Å². The summed E-state index contributed by atoms with van der Waals surface area (Å²) in [5.74, 6) is 0.00163. The fourth-order valence-corrected chi connectivity index (χ4v) is 3.49. The standard InChI is InChI=1S/C16H11F3N2O3S/c17-16(18,19)10-3-1-5-12-13(10)20-15(25-12)24-9-7-21(8-9)14(22)11-4-2-6-23-11/h1-6,9H,7-8H2. The van der Waals surface area contributed by atoms with E-state index in [-0.39, 0.29) is 28.5 Å². The molecule has 25 heavy (non-hydrogen) atoms. The maximum Gasteiger partial charge on any atom is 0.418 e. The van der Waals surface area contributed by atoms with Gasteiger partial charge in [-0.05, 0) is 24.3 Å². The van der Waals surface area contributed by atoms with Crippen LogP contribution in [0.15, 0.2) is 41.0 Å². The summed E-state index contributed by atoms with van der Waals surface area (Å²) in [6, 6.07) is 7.12. The van der Waals surface area contributed by atoms with Gasteiger partial charge in [0.2, 0.25) is 0 Å². The number of hydrogen-bond acceptors (Lipinski definition) is 5. The second-order valence-electron chi connectivity index (χ2n) is 5.56. The van der Waals surface area contributed by atoms with Gasteiger partial charge in [-0.15, -0.1) is 0 Å². The van der Waals surface area contributed by atoms with E-state index in [0.29, 0.717) is 17.8 Å². The van der Waals surface area contributed by atoms with Crippen LogP contribution in [0.4, 0.5) is 13.2 Å². The summed E-state index contributed by atoms with van der Waals surface area (Å²) in [4.78, 5) is 17.5. The average Bonchev–Trinajstić information content (AvgIpc) is 3.17. The molecule has 1 amide bonds. The Labute approximate surface area is 143 Å². The van der Waals surface area contributed by atoms with Gasteiger partial charge in [-0.25, -0.2) is 4.98 Å². The van der Waals surface area contributed by atoms with E-state index in [2.05, 4.69) is 4.98 Å². The van der Waals surface area contributed by atoms with E-state index < -0.39 is 11.7 Å². The van der Waals surface area contributed by atoms with Crippen LogP contribution in [0.2, 0.25) is 0 Å². The van der Waals surface area contributed by atoms with Gasteiger partial charge in [0.05, 0.1) is 35.1 Å². The molecule has 0 spiro atoms. The third-order valence-electron chi connectivity index (χ3n) is 3.84. The van der Waals surface area contributed by atoms with E-state index >= 15 is 0 Å². The van der Waals surface area contributed by atoms with Crippen LogP contribution in [0.5, 0.6) is 5.19 Å². The second kappa shape index (κ2) is 5.76. The number of halogens is 3. The number of hydrogen-bond donors (Lipinski definition) is 0. The van der Waals surface area contributed by atoms with Crippen LogP contribution in [0.25, 0.3) is 10.2 Å². The molecule has 0 unspecified atom stereocenters. The Balaban J connectivity index is 1.45. The molecule has 0 atom stereocenters. The van der Waals surface area contributed by atoms with Gasteiger partial charge in [-0.1, -0.05) is 17.4 Å². The summed E-state index contributed by atoms with van der Waals surface area (Å²) in [5.41, 5.74) is -0.892. The number of aromatic nitrogens is 1. The molecule has 130 valence electrons. The van der Waals surface area contributed by atoms with Crippen LogP contribution >= 0.6 is 11.3 Å². The van der Waals surface area contributed by atoms with Gasteiger partial charge < -0.3 is 14.1 Å². The first-order valence-electron chi connectivity index (χ1n) is 7.38. The normalized spacial score (nSPS) is 15.4. The molecule has 9 heteroatoms. The lowest BCUT2D eigenvalue weighted by Crippen LogP contribution is -2.56. The first kappa shape index (κ1) is 15.9. The van der Waals surface area contributed by atoms with Crippen LogP contribution in [0.1, 0.15) is 16.1 Å². The number of fused-ring (bicyclic) bond motifs is 1. The molecule has 1 fully saturated rings. The number of alkyl halides is 3. The summed E-state index contributed by atoms with van der Waals surface area (Å²) < 4.78 is 50.1. The van der Waals surface area contributed by atoms with Crippen LogP contribution in [-0.2, 0) is 6.18 Å². The van der Waals surface area contributed by atoms with Crippen molar-refractivity contribution in [3.05, 3.63) is 47.9 Å². The Kier molecular flexibility index (Phi) is 3.68. The van der Waals surface area contributed by atoms with Crippen molar-refractivity contribution in [2.24, 2.45) is 0 Å². The van der Waals surface area contributed by atoms with Gasteiger partial charge >= 0.3 is 6.18 Å².